The summed E-state index contributed by atoms with van der Waals surface area (Å²) in [4.78, 5) is 11.5. The summed E-state index contributed by atoms with van der Waals surface area (Å²) in [6.45, 7) is -0.328. The SMILES string of the molecule is O=C(O)c1cccc(SCCCF)c1. The third-order valence-corrected chi connectivity index (χ3v) is 2.71. The number of aromatic carboxylic acids is 1. The Morgan fingerprint density at radius 3 is 2.93 bits per heavy atom. The van der Waals surface area contributed by atoms with Crippen molar-refractivity contribution in [1.29, 1.82) is 0 Å². The van der Waals surface area contributed by atoms with E-state index in [1.807, 2.05) is 6.07 Å². The van der Waals surface area contributed by atoms with Crippen LogP contribution in [0.2, 0.25) is 0 Å². The highest BCUT2D eigenvalue weighted by Gasteiger charge is 2.02. The molecule has 0 aliphatic rings. The maximum Gasteiger partial charge on any atom is 0.335 e. The Morgan fingerprint density at radius 1 is 1.50 bits per heavy atom. The predicted molar refractivity (Wildman–Crippen MR) is 54.7 cm³/mol. The number of hydrogen-bond donors (Lipinski definition) is 1. The zero-order valence-electron chi connectivity index (χ0n) is 7.57. The minimum atomic E-state index is -0.932. The summed E-state index contributed by atoms with van der Waals surface area (Å²) in [5.74, 6) is -0.252. The third-order valence-electron chi connectivity index (χ3n) is 1.63. The number of rotatable bonds is 5. The average molecular weight is 214 g/mol. The van der Waals surface area contributed by atoms with E-state index >= 15 is 0 Å². The van der Waals surface area contributed by atoms with Gasteiger partial charge in [-0.1, -0.05) is 6.07 Å². The van der Waals surface area contributed by atoms with Gasteiger partial charge in [0, 0.05) is 10.6 Å². The van der Waals surface area contributed by atoms with E-state index in [9.17, 15) is 9.18 Å². The summed E-state index contributed by atoms with van der Waals surface area (Å²) in [5, 5.41) is 8.71. The van der Waals surface area contributed by atoms with E-state index in [0.717, 1.165) is 4.90 Å². The fourth-order valence-corrected chi connectivity index (χ4v) is 1.84. The van der Waals surface area contributed by atoms with Crippen LogP contribution in [-0.2, 0) is 0 Å². The molecule has 1 rings (SSSR count). The molecule has 0 atom stereocenters. The molecule has 0 aromatic heterocycles. The Kier molecular flexibility index (Phi) is 4.46. The van der Waals surface area contributed by atoms with E-state index in [-0.39, 0.29) is 12.2 Å². The number of carboxylic acids is 1. The van der Waals surface area contributed by atoms with E-state index in [4.69, 9.17) is 5.11 Å². The number of carboxylic acid groups (broad SMARTS) is 1. The van der Waals surface area contributed by atoms with Gasteiger partial charge in [-0.2, -0.15) is 0 Å². The highest BCUT2D eigenvalue weighted by Crippen LogP contribution is 2.19. The summed E-state index contributed by atoms with van der Waals surface area (Å²) in [7, 11) is 0. The fraction of sp³-hybridized carbons (Fsp3) is 0.300. The van der Waals surface area contributed by atoms with Gasteiger partial charge >= 0.3 is 5.97 Å². The molecule has 1 N–H and O–H groups in total. The summed E-state index contributed by atoms with van der Waals surface area (Å²) in [6, 6.07) is 6.67. The number of halogens is 1. The van der Waals surface area contributed by atoms with Crippen molar-refractivity contribution >= 4 is 17.7 Å². The molecule has 14 heavy (non-hydrogen) atoms. The summed E-state index contributed by atoms with van der Waals surface area (Å²) in [5.41, 5.74) is 0.273. The number of benzene rings is 1. The van der Waals surface area contributed by atoms with E-state index in [2.05, 4.69) is 0 Å². The first-order valence-corrected chi connectivity index (χ1v) is 5.24. The first-order valence-electron chi connectivity index (χ1n) is 4.26. The molecule has 0 saturated heterocycles. The predicted octanol–water partition coefficient (Wildman–Crippen LogP) is 2.84. The molecule has 0 aliphatic carbocycles. The lowest BCUT2D eigenvalue weighted by Gasteiger charge is -2.00. The van der Waals surface area contributed by atoms with E-state index in [1.54, 1.807) is 18.2 Å². The molecule has 0 unspecified atom stereocenters. The van der Waals surface area contributed by atoms with Crippen LogP contribution in [0.25, 0.3) is 0 Å². The van der Waals surface area contributed by atoms with Crippen LogP contribution in [0.1, 0.15) is 16.8 Å². The van der Waals surface area contributed by atoms with Crippen molar-refractivity contribution in [3.8, 4) is 0 Å². The zero-order valence-corrected chi connectivity index (χ0v) is 8.39. The van der Waals surface area contributed by atoms with Crippen LogP contribution >= 0.6 is 11.8 Å². The molecule has 0 amide bonds. The Morgan fingerprint density at radius 2 is 2.29 bits per heavy atom. The number of thioether (sulfide) groups is 1. The van der Waals surface area contributed by atoms with Crippen molar-refractivity contribution in [1.82, 2.24) is 0 Å². The first kappa shape index (κ1) is 11.0. The second-order valence-electron chi connectivity index (χ2n) is 2.72. The van der Waals surface area contributed by atoms with Gasteiger partial charge in [0.25, 0.3) is 0 Å². The number of hydrogen-bond acceptors (Lipinski definition) is 2. The first-order chi connectivity index (χ1) is 6.74. The molecule has 0 radical (unpaired) electrons. The molecule has 0 heterocycles. The van der Waals surface area contributed by atoms with Crippen LogP contribution in [0.4, 0.5) is 4.39 Å². The molecule has 0 spiro atoms. The zero-order chi connectivity index (χ0) is 10.4. The Hall–Kier alpha value is -1.03. The van der Waals surface area contributed by atoms with Gasteiger partial charge in [-0.05, 0) is 24.6 Å². The summed E-state index contributed by atoms with van der Waals surface area (Å²) >= 11 is 1.47. The standard InChI is InChI=1S/C10H11FO2S/c11-5-2-6-14-9-4-1-3-8(7-9)10(12)13/h1,3-4,7H,2,5-6H2,(H,12,13). The summed E-state index contributed by atoms with van der Waals surface area (Å²) < 4.78 is 11.8. The number of carbonyl (C=O) groups is 1. The van der Waals surface area contributed by atoms with Gasteiger partial charge < -0.3 is 5.11 Å². The van der Waals surface area contributed by atoms with E-state index < -0.39 is 5.97 Å². The molecule has 76 valence electrons. The van der Waals surface area contributed by atoms with Gasteiger partial charge in [0.15, 0.2) is 0 Å². The van der Waals surface area contributed by atoms with Crippen LogP contribution in [0.3, 0.4) is 0 Å². The van der Waals surface area contributed by atoms with Gasteiger partial charge in [-0.25, -0.2) is 4.79 Å². The minimum Gasteiger partial charge on any atom is -0.478 e. The molecule has 1 aromatic rings. The average Bonchev–Trinajstić information content (AvgIpc) is 2.19. The van der Waals surface area contributed by atoms with Gasteiger partial charge in [-0.3, -0.25) is 4.39 Å². The lowest BCUT2D eigenvalue weighted by Crippen LogP contribution is -1.95. The quantitative estimate of drug-likeness (QED) is 0.605. The van der Waals surface area contributed by atoms with Crippen molar-refractivity contribution in [2.75, 3.05) is 12.4 Å². The second-order valence-corrected chi connectivity index (χ2v) is 3.89. The van der Waals surface area contributed by atoms with Crippen LogP contribution in [0, 0.1) is 0 Å². The molecule has 1 aromatic carbocycles. The van der Waals surface area contributed by atoms with Gasteiger partial charge in [0.2, 0.25) is 0 Å². The molecule has 0 aliphatic heterocycles. The van der Waals surface area contributed by atoms with Gasteiger partial charge in [0.1, 0.15) is 0 Å². The topological polar surface area (TPSA) is 37.3 Å². The maximum absolute atomic E-state index is 11.8. The molecular weight excluding hydrogens is 203 g/mol. The van der Waals surface area contributed by atoms with Gasteiger partial charge in [0.05, 0.1) is 12.2 Å². The smallest absolute Gasteiger partial charge is 0.335 e. The van der Waals surface area contributed by atoms with E-state index in [1.165, 1.54) is 11.8 Å². The second kappa shape index (κ2) is 5.65. The fourth-order valence-electron chi connectivity index (χ4n) is 0.963. The molecule has 4 heteroatoms. The minimum absolute atomic E-state index is 0.273. The van der Waals surface area contributed by atoms with E-state index in [0.29, 0.717) is 12.2 Å². The van der Waals surface area contributed by atoms with Crippen LogP contribution in [0.5, 0.6) is 0 Å². The Labute approximate surface area is 86.1 Å². The summed E-state index contributed by atoms with van der Waals surface area (Å²) in [6.07, 6.45) is 0.502. The third kappa shape index (κ3) is 3.38. The van der Waals surface area contributed by atoms with Gasteiger partial charge in [-0.15, -0.1) is 11.8 Å². The van der Waals surface area contributed by atoms with Crippen molar-refractivity contribution in [3.63, 3.8) is 0 Å². The lowest BCUT2D eigenvalue weighted by molar-refractivity contribution is 0.0696. The highest BCUT2D eigenvalue weighted by atomic mass is 32.2. The van der Waals surface area contributed by atoms with Crippen molar-refractivity contribution in [3.05, 3.63) is 29.8 Å². The van der Waals surface area contributed by atoms with Crippen molar-refractivity contribution in [2.45, 2.75) is 11.3 Å². The van der Waals surface area contributed by atoms with Crippen LogP contribution in [0.15, 0.2) is 29.2 Å². The highest BCUT2D eigenvalue weighted by molar-refractivity contribution is 7.99. The lowest BCUT2D eigenvalue weighted by atomic mass is 10.2. The molecule has 0 fully saturated rings. The molecule has 0 bridgehead atoms. The Balaban J connectivity index is 2.59. The number of alkyl halides is 1. The molecule has 0 saturated carbocycles. The molecule has 2 nitrogen and oxygen atoms in total. The van der Waals surface area contributed by atoms with Crippen LogP contribution in [-0.4, -0.2) is 23.5 Å². The Bertz CT molecular complexity index is 315. The van der Waals surface area contributed by atoms with Crippen LogP contribution < -0.4 is 0 Å². The normalized spacial score (nSPS) is 10.1. The van der Waals surface area contributed by atoms with Crippen molar-refractivity contribution in [2.24, 2.45) is 0 Å². The monoisotopic (exact) mass is 214 g/mol. The van der Waals surface area contributed by atoms with Crippen molar-refractivity contribution < 1.29 is 14.3 Å². The largest absolute Gasteiger partial charge is 0.478 e. The molecular formula is C10H11FO2S. The maximum atomic E-state index is 11.8.